The van der Waals surface area contributed by atoms with Crippen LogP contribution in [-0.2, 0) is 0 Å². The minimum atomic E-state index is -0.720. The molecule has 3 aromatic heterocycles. The summed E-state index contributed by atoms with van der Waals surface area (Å²) in [5.41, 5.74) is 3.35. The molecule has 0 aliphatic rings. The van der Waals surface area contributed by atoms with Crippen LogP contribution < -0.4 is 20.8 Å². The number of pyridine rings is 3. The predicted molar refractivity (Wildman–Crippen MR) is 157 cm³/mol. The molecule has 0 unspecified atom stereocenters. The van der Waals surface area contributed by atoms with Crippen LogP contribution in [0.3, 0.4) is 0 Å². The molecule has 0 fully saturated rings. The summed E-state index contributed by atoms with van der Waals surface area (Å²) in [7, 11) is 1.73. The van der Waals surface area contributed by atoms with Gasteiger partial charge in [0.05, 0.1) is 16.6 Å². The van der Waals surface area contributed by atoms with Gasteiger partial charge in [-0.1, -0.05) is 29.8 Å². The molecule has 0 aliphatic heterocycles. The summed E-state index contributed by atoms with van der Waals surface area (Å²) in [6.45, 7) is 1.94. The molecule has 2 aromatic carbocycles. The number of allylic oxidation sites excluding steroid dienone is 1. The average molecular weight is 549 g/mol. The molecule has 0 aliphatic carbocycles. The van der Waals surface area contributed by atoms with E-state index in [-0.39, 0.29) is 17.0 Å². The quantitative estimate of drug-likeness (QED) is 0.184. The first-order chi connectivity index (χ1) is 19.9. The fourth-order valence-corrected chi connectivity index (χ4v) is 4.19. The Labute approximate surface area is 234 Å². The van der Waals surface area contributed by atoms with Crippen molar-refractivity contribution >= 4 is 34.3 Å². The Morgan fingerprint density at radius 2 is 1.85 bits per heavy atom. The number of aromatic amines is 1. The molecule has 0 bridgehead atoms. The zero-order valence-electron chi connectivity index (χ0n) is 22.2. The van der Waals surface area contributed by atoms with E-state index >= 15 is 4.39 Å². The number of fused-ring (bicyclic) bond motifs is 1. The van der Waals surface area contributed by atoms with Gasteiger partial charge in [0, 0.05) is 67.1 Å². The number of anilines is 1. The zero-order chi connectivity index (χ0) is 28.9. The summed E-state index contributed by atoms with van der Waals surface area (Å²) in [6.07, 6.45) is 8.76. The van der Waals surface area contributed by atoms with E-state index in [1.165, 1.54) is 30.7 Å². The second kappa shape index (κ2) is 11.6. The van der Waals surface area contributed by atoms with Gasteiger partial charge in [0.25, 0.3) is 5.91 Å². The van der Waals surface area contributed by atoms with Crippen molar-refractivity contribution in [1.82, 2.24) is 20.3 Å². The van der Waals surface area contributed by atoms with Gasteiger partial charge >= 0.3 is 0 Å². The second-order valence-corrected chi connectivity index (χ2v) is 9.11. The van der Waals surface area contributed by atoms with Crippen molar-refractivity contribution in [3.8, 4) is 22.6 Å². The number of carbonyl (C=O) groups is 1. The van der Waals surface area contributed by atoms with Gasteiger partial charge in [0.15, 0.2) is 11.6 Å². The minimum Gasteiger partial charge on any atom is -0.453 e. The summed E-state index contributed by atoms with van der Waals surface area (Å²) in [6, 6.07) is 14.7. The number of rotatable bonds is 8. The van der Waals surface area contributed by atoms with Crippen LogP contribution in [0.1, 0.15) is 21.6 Å². The Kier molecular flexibility index (Phi) is 7.64. The van der Waals surface area contributed by atoms with E-state index in [4.69, 9.17) is 10.1 Å². The predicted octanol–water partition coefficient (Wildman–Crippen LogP) is 5.69. The highest BCUT2D eigenvalue weighted by atomic mass is 19.1. The van der Waals surface area contributed by atoms with E-state index in [0.717, 1.165) is 11.6 Å². The molecule has 0 atom stereocenters. The number of nitrogens with one attached hydrogen (secondary N) is 4. The van der Waals surface area contributed by atoms with Crippen LogP contribution in [0.25, 0.3) is 27.6 Å². The van der Waals surface area contributed by atoms with Gasteiger partial charge in [-0.3, -0.25) is 19.6 Å². The standard InChI is InChI=1S/C31H25FN6O3/c1-18-3-5-19(6-4-18)22-15-35-16-24(30(22)39)31(40)38-21-7-8-29(25(32)11-21)41-28-9-10-36-27-12-26(37-17-23(27)28)20(13-33)14-34-2/h3-17,33-34H,1-2H3,(H,35,39)(H,38,40)/b20-14+,33-13?. The maximum atomic E-state index is 15.1. The van der Waals surface area contributed by atoms with Crippen molar-refractivity contribution in [2.45, 2.75) is 6.92 Å². The topological polar surface area (TPSA) is 133 Å². The number of aryl methyl sites for hydroxylation is 1. The summed E-state index contributed by atoms with van der Waals surface area (Å²) in [5, 5.41) is 13.6. The lowest BCUT2D eigenvalue weighted by Gasteiger charge is -2.12. The Morgan fingerprint density at radius 3 is 2.59 bits per heavy atom. The Balaban J connectivity index is 1.36. The molecular weight excluding hydrogens is 523 g/mol. The molecule has 204 valence electrons. The van der Waals surface area contributed by atoms with E-state index in [0.29, 0.717) is 39.0 Å². The molecule has 3 heterocycles. The highest BCUT2D eigenvalue weighted by molar-refractivity contribution is 6.08. The molecule has 41 heavy (non-hydrogen) atoms. The second-order valence-electron chi connectivity index (χ2n) is 9.11. The van der Waals surface area contributed by atoms with Crippen LogP contribution in [0.4, 0.5) is 10.1 Å². The molecule has 10 heteroatoms. The van der Waals surface area contributed by atoms with Crippen molar-refractivity contribution in [3.05, 3.63) is 118 Å². The minimum absolute atomic E-state index is 0.0750. The molecule has 5 aromatic rings. The normalized spacial score (nSPS) is 11.2. The molecular formula is C31H25FN6O3. The van der Waals surface area contributed by atoms with Crippen LogP contribution in [0.2, 0.25) is 0 Å². The van der Waals surface area contributed by atoms with E-state index < -0.39 is 17.2 Å². The highest BCUT2D eigenvalue weighted by Crippen LogP contribution is 2.32. The summed E-state index contributed by atoms with van der Waals surface area (Å²) < 4.78 is 20.9. The summed E-state index contributed by atoms with van der Waals surface area (Å²) in [5.74, 6) is -1.14. The van der Waals surface area contributed by atoms with E-state index in [2.05, 4.69) is 25.6 Å². The number of ether oxygens (including phenoxy) is 1. The Bertz CT molecular complexity index is 1870. The van der Waals surface area contributed by atoms with Crippen molar-refractivity contribution in [2.24, 2.45) is 0 Å². The number of H-pyrrole nitrogens is 1. The Morgan fingerprint density at radius 1 is 1.05 bits per heavy atom. The molecule has 0 saturated carbocycles. The maximum absolute atomic E-state index is 15.1. The van der Waals surface area contributed by atoms with Gasteiger partial charge in [-0.25, -0.2) is 4.39 Å². The summed E-state index contributed by atoms with van der Waals surface area (Å²) >= 11 is 0. The number of aromatic nitrogens is 3. The first-order valence-corrected chi connectivity index (χ1v) is 12.6. The van der Waals surface area contributed by atoms with Crippen LogP contribution >= 0.6 is 0 Å². The number of hydrogen-bond donors (Lipinski definition) is 4. The lowest BCUT2D eigenvalue weighted by Crippen LogP contribution is -2.22. The van der Waals surface area contributed by atoms with Gasteiger partial charge in [0.1, 0.15) is 11.3 Å². The largest absolute Gasteiger partial charge is 0.453 e. The molecule has 4 N–H and O–H groups in total. The number of amides is 1. The number of halogens is 1. The van der Waals surface area contributed by atoms with Gasteiger partial charge in [0.2, 0.25) is 5.43 Å². The van der Waals surface area contributed by atoms with E-state index in [9.17, 15) is 9.59 Å². The van der Waals surface area contributed by atoms with Crippen LogP contribution in [0, 0.1) is 18.2 Å². The third kappa shape index (κ3) is 5.71. The van der Waals surface area contributed by atoms with Gasteiger partial charge < -0.3 is 25.8 Å². The van der Waals surface area contributed by atoms with E-state index in [1.807, 2.05) is 31.2 Å². The van der Waals surface area contributed by atoms with Crippen molar-refractivity contribution in [3.63, 3.8) is 0 Å². The molecule has 9 nitrogen and oxygen atoms in total. The number of benzene rings is 2. The van der Waals surface area contributed by atoms with Crippen molar-refractivity contribution < 1.29 is 13.9 Å². The lowest BCUT2D eigenvalue weighted by atomic mass is 10.0. The first kappa shape index (κ1) is 26.9. The fraction of sp³-hybridized carbons (Fsp3) is 0.0645. The molecule has 0 spiro atoms. The first-order valence-electron chi connectivity index (χ1n) is 12.6. The zero-order valence-corrected chi connectivity index (χ0v) is 22.2. The molecule has 1 amide bonds. The molecule has 5 rings (SSSR count). The number of carbonyl (C=O) groups excluding carboxylic acids is 1. The molecule has 0 saturated heterocycles. The average Bonchev–Trinajstić information content (AvgIpc) is 2.97. The van der Waals surface area contributed by atoms with Crippen molar-refractivity contribution in [1.29, 1.82) is 5.41 Å². The third-order valence-corrected chi connectivity index (χ3v) is 6.30. The lowest BCUT2D eigenvalue weighted by molar-refractivity contribution is 0.102. The SMILES string of the molecule is CN/C=C(\C=N)c1cc2nccc(Oc3ccc(NC(=O)c4c[nH]cc(-c5ccc(C)cc5)c4=O)cc3F)c2cn1. The Hall–Kier alpha value is -5.64. The highest BCUT2D eigenvalue weighted by Gasteiger charge is 2.16. The third-order valence-electron chi connectivity index (χ3n) is 6.30. The van der Waals surface area contributed by atoms with Crippen LogP contribution in [-0.4, -0.2) is 34.1 Å². The van der Waals surface area contributed by atoms with Gasteiger partial charge in [-0.05, 0) is 36.8 Å². The number of hydrogen-bond acceptors (Lipinski definition) is 7. The van der Waals surface area contributed by atoms with Gasteiger partial charge in [-0.15, -0.1) is 0 Å². The van der Waals surface area contributed by atoms with Crippen molar-refractivity contribution in [2.75, 3.05) is 12.4 Å². The number of nitrogens with zero attached hydrogens (tertiary/aromatic N) is 2. The van der Waals surface area contributed by atoms with Gasteiger partial charge in [-0.2, -0.15) is 0 Å². The monoisotopic (exact) mass is 548 g/mol. The maximum Gasteiger partial charge on any atom is 0.261 e. The van der Waals surface area contributed by atoms with Crippen LogP contribution in [0.5, 0.6) is 11.5 Å². The van der Waals surface area contributed by atoms with E-state index in [1.54, 1.807) is 37.8 Å². The van der Waals surface area contributed by atoms with Crippen LogP contribution in [0.15, 0.2) is 90.4 Å². The smallest absolute Gasteiger partial charge is 0.261 e. The fourth-order valence-electron chi connectivity index (χ4n) is 4.19. The summed E-state index contributed by atoms with van der Waals surface area (Å²) in [4.78, 5) is 37.5. The molecule has 0 radical (unpaired) electrons.